The molecule has 1 amide bonds. The summed E-state index contributed by atoms with van der Waals surface area (Å²) in [5.74, 6) is 1.27. The second-order valence-corrected chi connectivity index (χ2v) is 3.69. The molecule has 4 heteroatoms. The number of rotatable bonds is 4. The van der Waals surface area contributed by atoms with Crippen molar-refractivity contribution < 1.29 is 9.53 Å². The fraction of sp³-hybridized carbons (Fsp3) is 0.300. The minimum absolute atomic E-state index is 0.0258. The van der Waals surface area contributed by atoms with Crippen LogP contribution in [0.1, 0.15) is 0 Å². The quantitative estimate of drug-likeness (QED) is 0.768. The van der Waals surface area contributed by atoms with Gasteiger partial charge in [-0.3, -0.25) is 4.79 Å². The number of ether oxygens (including phenoxy) is 1. The largest absolute Gasteiger partial charge is 0.497 e. The highest BCUT2D eigenvalue weighted by atomic mass is 32.2. The van der Waals surface area contributed by atoms with Crippen LogP contribution in [0.3, 0.4) is 0 Å². The average Bonchev–Trinajstić information content (AvgIpc) is 2.26. The van der Waals surface area contributed by atoms with Gasteiger partial charge in [-0.1, -0.05) is 6.07 Å². The van der Waals surface area contributed by atoms with E-state index in [4.69, 9.17) is 4.74 Å². The molecular weight excluding hydrogens is 198 g/mol. The van der Waals surface area contributed by atoms with Crippen LogP contribution in [0, 0.1) is 0 Å². The van der Waals surface area contributed by atoms with Gasteiger partial charge in [0.1, 0.15) is 5.75 Å². The number of hydrogen-bond acceptors (Lipinski definition) is 3. The monoisotopic (exact) mass is 211 g/mol. The van der Waals surface area contributed by atoms with Crippen LogP contribution < -0.4 is 10.1 Å². The highest BCUT2D eigenvalue weighted by molar-refractivity contribution is 8.00. The summed E-state index contributed by atoms with van der Waals surface area (Å²) in [6.45, 7) is 0. The molecular formula is C10H13NO2S. The Bertz CT molecular complexity index is 315. The van der Waals surface area contributed by atoms with E-state index in [0.29, 0.717) is 5.75 Å². The lowest BCUT2D eigenvalue weighted by Crippen LogP contribution is -2.19. The van der Waals surface area contributed by atoms with Crippen molar-refractivity contribution in [3.63, 3.8) is 0 Å². The zero-order chi connectivity index (χ0) is 10.4. The molecule has 0 saturated carbocycles. The molecule has 0 unspecified atom stereocenters. The predicted octanol–water partition coefficient (Wildman–Crippen LogP) is 1.53. The van der Waals surface area contributed by atoms with E-state index in [-0.39, 0.29) is 5.91 Å². The number of methoxy groups -OCH3 is 1. The van der Waals surface area contributed by atoms with E-state index in [1.807, 2.05) is 24.3 Å². The number of carbonyl (C=O) groups is 1. The van der Waals surface area contributed by atoms with Gasteiger partial charge in [0, 0.05) is 11.9 Å². The maximum Gasteiger partial charge on any atom is 0.230 e. The summed E-state index contributed by atoms with van der Waals surface area (Å²) < 4.78 is 5.07. The third-order valence-corrected chi connectivity index (χ3v) is 2.68. The Morgan fingerprint density at radius 1 is 1.57 bits per heavy atom. The summed E-state index contributed by atoms with van der Waals surface area (Å²) in [5.41, 5.74) is 0. The summed E-state index contributed by atoms with van der Waals surface area (Å²) in [5, 5.41) is 2.57. The van der Waals surface area contributed by atoms with Crippen molar-refractivity contribution in [2.45, 2.75) is 4.90 Å². The maximum atomic E-state index is 11.0. The van der Waals surface area contributed by atoms with Crippen molar-refractivity contribution in [3.8, 4) is 5.75 Å². The molecule has 3 nitrogen and oxygen atoms in total. The first-order valence-electron chi connectivity index (χ1n) is 4.23. The molecule has 0 fully saturated rings. The molecule has 76 valence electrons. The van der Waals surface area contributed by atoms with Crippen LogP contribution in [-0.2, 0) is 4.79 Å². The molecule has 1 aromatic carbocycles. The van der Waals surface area contributed by atoms with Gasteiger partial charge in [0.2, 0.25) is 5.91 Å². The van der Waals surface area contributed by atoms with Crippen molar-refractivity contribution >= 4 is 17.7 Å². The molecule has 0 saturated heterocycles. The van der Waals surface area contributed by atoms with Crippen molar-refractivity contribution in [1.29, 1.82) is 0 Å². The smallest absolute Gasteiger partial charge is 0.230 e. The summed E-state index contributed by atoms with van der Waals surface area (Å²) >= 11 is 1.49. The maximum absolute atomic E-state index is 11.0. The summed E-state index contributed by atoms with van der Waals surface area (Å²) in [6, 6.07) is 7.65. The second kappa shape index (κ2) is 5.54. The van der Waals surface area contributed by atoms with E-state index in [1.54, 1.807) is 14.2 Å². The van der Waals surface area contributed by atoms with Gasteiger partial charge in [-0.25, -0.2) is 0 Å². The highest BCUT2D eigenvalue weighted by Crippen LogP contribution is 2.22. The number of nitrogens with one attached hydrogen (secondary N) is 1. The van der Waals surface area contributed by atoms with Crippen LogP contribution in [0.2, 0.25) is 0 Å². The first-order valence-corrected chi connectivity index (χ1v) is 5.22. The van der Waals surface area contributed by atoms with Crippen LogP contribution in [0.4, 0.5) is 0 Å². The SMILES string of the molecule is CNC(=O)CSc1cccc(OC)c1. The summed E-state index contributed by atoms with van der Waals surface area (Å²) in [4.78, 5) is 12.0. The molecule has 0 radical (unpaired) electrons. The molecule has 0 aliphatic carbocycles. The van der Waals surface area contributed by atoms with Crippen molar-refractivity contribution in [3.05, 3.63) is 24.3 Å². The third-order valence-electron chi connectivity index (χ3n) is 1.69. The normalized spacial score (nSPS) is 9.57. The molecule has 0 aliphatic rings. The Morgan fingerprint density at radius 3 is 3.00 bits per heavy atom. The van der Waals surface area contributed by atoms with Crippen molar-refractivity contribution in [1.82, 2.24) is 5.32 Å². The fourth-order valence-electron chi connectivity index (χ4n) is 0.912. The molecule has 14 heavy (non-hydrogen) atoms. The van der Waals surface area contributed by atoms with Gasteiger partial charge in [-0.15, -0.1) is 11.8 Å². The Balaban J connectivity index is 2.54. The number of carbonyl (C=O) groups excluding carboxylic acids is 1. The molecule has 1 N–H and O–H groups in total. The third kappa shape index (κ3) is 3.30. The second-order valence-electron chi connectivity index (χ2n) is 2.64. The van der Waals surface area contributed by atoms with Gasteiger partial charge in [0.15, 0.2) is 0 Å². The fourth-order valence-corrected chi connectivity index (χ4v) is 1.73. The molecule has 1 rings (SSSR count). The standard InChI is InChI=1S/C10H13NO2S/c1-11-10(12)7-14-9-5-3-4-8(6-9)13-2/h3-6H,7H2,1-2H3,(H,11,12). The van der Waals surface area contributed by atoms with Crippen molar-refractivity contribution in [2.24, 2.45) is 0 Å². The Hall–Kier alpha value is -1.16. The van der Waals surface area contributed by atoms with Gasteiger partial charge in [-0.05, 0) is 18.2 Å². The lowest BCUT2D eigenvalue weighted by molar-refractivity contribution is -0.118. The highest BCUT2D eigenvalue weighted by Gasteiger charge is 2.00. The Labute approximate surface area is 87.8 Å². The number of thioether (sulfide) groups is 1. The minimum Gasteiger partial charge on any atom is -0.497 e. The summed E-state index contributed by atoms with van der Waals surface area (Å²) in [6.07, 6.45) is 0. The molecule has 0 bridgehead atoms. The molecule has 0 aromatic heterocycles. The molecule has 0 spiro atoms. The van der Waals surface area contributed by atoms with E-state index in [2.05, 4.69) is 5.32 Å². The zero-order valence-electron chi connectivity index (χ0n) is 8.24. The molecule has 0 aliphatic heterocycles. The van der Waals surface area contributed by atoms with Gasteiger partial charge in [0.25, 0.3) is 0 Å². The van der Waals surface area contributed by atoms with E-state index in [0.717, 1.165) is 10.6 Å². The van der Waals surface area contributed by atoms with E-state index in [1.165, 1.54) is 11.8 Å². The van der Waals surface area contributed by atoms with Crippen LogP contribution in [0.5, 0.6) is 5.75 Å². The van der Waals surface area contributed by atoms with Crippen LogP contribution in [-0.4, -0.2) is 25.8 Å². The minimum atomic E-state index is 0.0258. The molecule has 0 heterocycles. The van der Waals surface area contributed by atoms with Crippen LogP contribution >= 0.6 is 11.8 Å². The number of hydrogen-bond donors (Lipinski definition) is 1. The van der Waals surface area contributed by atoms with E-state index >= 15 is 0 Å². The zero-order valence-corrected chi connectivity index (χ0v) is 9.06. The van der Waals surface area contributed by atoms with Gasteiger partial charge in [-0.2, -0.15) is 0 Å². The summed E-state index contributed by atoms with van der Waals surface area (Å²) in [7, 11) is 3.26. The molecule has 1 aromatic rings. The first-order chi connectivity index (χ1) is 6.76. The van der Waals surface area contributed by atoms with Crippen molar-refractivity contribution in [2.75, 3.05) is 19.9 Å². The molecule has 0 atom stereocenters. The average molecular weight is 211 g/mol. The van der Waals surface area contributed by atoms with E-state index in [9.17, 15) is 4.79 Å². The van der Waals surface area contributed by atoms with Crippen LogP contribution in [0.15, 0.2) is 29.2 Å². The van der Waals surface area contributed by atoms with Crippen LogP contribution in [0.25, 0.3) is 0 Å². The number of benzene rings is 1. The van der Waals surface area contributed by atoms with E-state index < -0.39 is 0 Å². The predicted molar refractivity (Wildman–Crippen MR) is 57.8 cm³/mol. The van der Waals surface area contributed by atoms with Gasteiger partial charge >= 0.3 is 0 Å². The van der Waals surface area contributed by atoms with Gasteiger partial charge < -0.3 is 10.1 Å². The lowest BCUT2D eigenvalue weighted by atomic mass is 10.3. The first kappa shape index (κ1) is 10.9. The lowest BCUT2D eigenvalue weighted by Gasteiger charge is -2.03. The van der Waals surface area contributed by atoms with Gasteiger partial charge in [0.05, 0.1) is 12.9 Å². The Kier molecular flexibility index (Phi) is 4.32. The topological polar surface area (TPSA) is 38.3 Å². The number of amides is 1. The Morgan fingerprint density at radius 2 is 2.36 bits per heavy atom.